The first-order valence-corrected chi connectivity index (χ1v) is 8.38. The van der Waals surface area contributed by atoms with Gasteiger partial charge in [-0.15, -0.1) is 0 Å². The predicted octanol–water partition coefficient (Wildman–Crippen LogP) is 4.50. The molecule has 0 amide bonds. The zero-order valence-corrected chi connectivity index (χ0v) is 14.4. The standard InChI is InChI=1S/C15H16Br2O3/c1-19-11-6-10(17)12(7-9(11)16)20-14-8-13(18)15(14)4-2-3-5-15/h6-7,14H,2-5,8H2,1H3. The number of benzene rings is 1. The molecule has 3 nitrogen and oxygen atoms in total. The number of ketones is 1. The van der Waals surface area contributed by atoms with Gasteiger partial charge in [0.2, 0.25) is 0 Å². The maximum absolute atomic E-state index is 12.0. The molecule has 0 radical (unpaired) electrons. The fourth-order valence-corrected chi connectivity index (χ4v) is 4.19. The third-order valence-electron chi connectivity index (χ3n) is 4.51. The van der Waals surface area contributed by atoms with Gasteiger partial charge in [-0.05, 0) is 56.8 Å². The van der Waals surface area contributed by atoms with Crippen molar-refractivity contribution >= 4 is 37.6 Å². The minimum absolute atomic E-state index is 0.0223. The summed E-state index contributed by atoms with van der Waals surface area (Å²) in [5, 5.41) is 0. The summed E-state index contributed by atoms with van der Waals surface area (Å²) in [6.45, 7) is 0. The molecule has 0 aromatic heterocycles. The smallest absolute Gasteiger partial charge is 0.146 e. The van der Waals surface area contributed by atoms with Crippen LogP contribution in [0.2, 0.25) is 0 Å². The van der Waals surface area contributed by atoms with Gasteiger partial charge in [-0.3, -0.25) is 4.79 Å². The van der Waals surface area contributed by atoms with Crippen LogP contribution in [0.3, 0.4) is 0 Å². The normalized spacial score (nSPS) is 23.8. The van der Waals surface area contributed by atoms with Crippen molar-refractivity contribution in [1.82, 2.24) is 0 Å². The Labute approximate surface area is 135 Å². The highest BCUT2D eigenvalue weighted by atomic mass is 79.9. The van der Waals surface area contributed by atoms with Gasteiger partial charge in [-0.1, -0.05) is 12.8 Å². The van der Waals surface area contributed by atoms with Crippen molar-refractivity contribution in [1.29, 1.82) is 0 Å². The minimum Gasteiger partial charge on any atom is -0.496 e. The maximum atomic E-state index is 12.0. The number of halogens is 2. The zero-order valence-electron chi connectivity index (χ0n) is 11.2. The molecule has 1 atom stereocenters. The maximum Gasteiger partial charge on any atom is 0.146 e. The molecule has 0 N–H and O–H groups in total. The molecule has 2 saturated carbocycles. The average Bonchev–Trinajstić information content (AvgIpc) is 2.94. The molecule has 0 bridgehead atoms. The predicted molar refractivity (Wildman–Crippen MR) is 83.3 cm³/mol. The number of hydrogen-bond donors (Lipinski definition) is 0. The van der Waals surface area contributed by atoms with E-state index in [0.717, 1.165) is 46.1 Å². The van der Waals surface area contributed by atoms with Gasteiger partial charge in [0.1, 0.15) is 23.4 Å². The van der Waals surface area contributed by atoms with Gasteiger partial charge in [0.05, 0.1) is 21.5 Å². The van der Waals surface area contributed by atoms with Crippen LogP contribution in [0.4, 0.5) is 0 Å². The number of rotatable bonds is 3. The fraction of sp³-hybridized carbons (Fsp3) is 0.533. The van der Waals surface area contributed by atoms with Crippen molar-refractivity contribution in [3.05, 3.63) is 21.1 Å². The molecule has 0 heterocycles. The summed E-state index contributed by atoms with van der Waals surface area (Å²) in [5.74, 6) is 1.90. The van der Waals surface area contributed by atoms with Gasteiger partial charge in [-0.25, -0.2) is 0 Å². The van der Waals surface area contributed by atoms with Gasteiger partial charge < -0.3 is 9.47 Å². The lowest BCUT2D eigenvalue weighted by atomic mass is 9.63. The Morgan fingerprint density at radius 2 is 1.75 bits per heavy atom. The summed E-state index contributed by atoms with van der Waals surface area (Å²) in [5.41, 5.74) is -0.203. The molecule has 2 aliphatic carbocycles. The van der Waals surface area contributed by atoms with Crippen LogP contribution in [0.15, 0.2) is 21.1 Å². The van der Waals surface area contributed by atoms with E-state index in [2.05, 4.69) is 31.9 Å². The van der Waals surface area contributed by atoms with Gasteiger partial charge in [-0.2, -0.15) is 0 Å². The van der Waals surface area contributed by atoms with E-state index >= 15 is 0 Å². The Balaban J connectivity index is 1.82. The van der Waals surface area contributed by atoms with Crippen LogP contribution in [0.5, 0.6) is 11.5 Å². The van der Waals surface area contributed by atoms with Crippen molar-refractivity contribution in [3.8, 4) is 11.5 Å². The van der Waals surface area contributed by atoms with Crippen LogP contribution >= 0.6 is 31.9 Å². The summed E-state index contributed by atoms with van der Waals surface area (Å²) in [7, 11) is 1.63. The molecule has 108 valence electrons. The largest absolute Gasteiger partial charge is 0.496 e. The molecule has 0 aliphatic heterocycles. The van der Waals surface area contributed by atoms with E-state index in [4.69, 9.17) is 9.47 Å². The fourth-order valence-electron chi connectivity index (χ4n) is 3.29. The summed E-state index contributed by atoms with van der Waals surface area (Å²) in [6.07, 6.45) is 4.79. The van der Waals surface area contributed by atoms with E-state index in [0.29, 0.717) is 12.2 Å². The Morgan fingerprint density at radius 3 is 2.35 bits per heavy atom. The van der Waals surface area contributed by atoms with Gasteiger partial charge in [0.15, 0.2) is 0 Å². The first-order chi connectivity index (χ1) is 9.56. The first-order valence-electron chi connectivity index (χ1n) is 6.80. The zero-order chi connectivity index (χ0) is 14.3. The number of ether oxygens (including phenoxy) is 2. The Bertz CT molecular complexity index is 550. The molecule has 1 aromatic carbocycles. The molecular formula is C15H16Br2O3. The number of methoxy groups -OCH3 is 1. The van der Waals surface area contributed by atoms with Crippen LogP contribution in [-0.4, -0.2) is 19.0 Å². The van der Waals surface area contributed by atoms with E-state index < -0.39 is 0 Å². The van der Waals surface area contributed by atoms with Crippen molar-refractivity contribution in [2.75, 3.05) is 7.11 Å². The van der Waals surface area contributed by atoms with Gasteiger partial charge in [0.25, 0.3) is 0 Å². The molecule has 2 aliphatic rings. The second-order valence-electron chi connectivity index (χ2n) is 5.51. The van der Waals surface area contributed by atoms with Crippen LogP contribution in [0.25, 0.3) is 0 Å². The third-order valence-corrected chi connectivity index (χ3v) is 5.75. The van der Waals surface area contributed by atoms with Crippen molar-refractivity contribution in [3.63, 3.8) is 0 Å². The molecule has 1 spiro atoms. The number of carbonyl (C=O) groups excluding carboxylic acids is 1. The molecule has 2 fully saturated rings. The number of Topliss-reactive ketones (excluding diaryl/α,β-unsaturated/α-hetero) is 1. The van der Waals surface area contributed by atoms with Crippen LogP contribution in [-0.2, 0) is 4.79 Å². The van der Waals surface area contributed by atoms with E-state index in [9.17, 15) is 4.79 Å². The summed E-state index contributed by atoms with van der Waals surface area (Å²) in [4.78, 5) is 12.0. The lowest BCUT2D eigenvalue weighted by Gasteiger charge is -2.44. The topological polar surface area (TPSA) is 35.5 Å². The molecule has 5 heteroatoms. The highest BCUT2D eigenvalue weighted by molar-refractivity contribution is 9.11. The van der Waals surface area contributed by atoms with E-state index in [1.165, 1.54) is 0 Å². The molecule has 3 rings (SSSR count). The number of hydrogen-bond acceptors (Lipinski definition) is 3. The van der Waals surface area contributed by atoms with Crippen LogP contribution in [0.1, 0.15) is 32.1 Å². The highest BCUT2D eigenvalue weighted by Crippen LogP contribution is 2.52. The lowest BCUT2D eigenvalue weighted by Crippen LogP contribution is -2.55. The lowest BCUT2D eigenvalue weighted by molar-refractivity contribution is -0.151. The summed E-state index contributed by atoms with van der Waals surface area (Å²) >= 11 is 6.97. The third kappa shape index (κ3) is 2.19. The molecule has 1 unspecified atom stereocenters. The second-order valence-corrected chi connectivity index (χ2v) is 7.22. The number of carbonyl (C=O) groups is 1. The Morgan fingerprint density at radius 1 is 1.15 bits per heavy atom. The first kappa shape index (κ1) is 14.4. The molecular weight excluding hydrogens is 388 g/mol. The van der Waals surface area contributed by atoms with Crippen LogP contribution in [0, 0.1) is 5.41 Å². The molecule has 1 aromatic rings. The van der Waals surface area contributed by atoms with E-state index in [-0.39, 0.29) is 11.5 Å². The van der Waals surface area contributed by atoms with Crippen molar-refractivity contribution in [2.24, 2.45) is 5.41 Å². The van der Waals surface area contributed by atoms with Crippen LogP contribution < -0.4 is 9.47 Å². The highest BCUT2D eigenvalue weighted by Gasteiger charge is 2.57. The Kier molecular flexibility index (Phi) is 3.84. The second kappa shape index (κ2) is 5.34. The van der Waals surface area contributed by atoms with Gasteiger partial charge in [0, 0.05) is 6.42 Å². The van der Waals surface area contributed by atoms with E-state index in [1.807, 2.05) is 12.1 Å². The monoisotopic (exact) mass is 402 g/mol. The minimum atomic E-state index is -0.203. The summed E-state index contributed by atoms with van der Waals surface area (Å²) in [6, 6.07) is 3.77. The van der Waals surface area contributed by atoms with Gasteiger partial charge >= 0.3 is 0 Å². The van der Waals surface area contributed by atoms with E-state index in [1.54, 1.807) is 7.11 Å². The Hall–Kier alpha value is -0.550. The SMILES string of the molecule is COc1cc(Br)c(OC2CC(=O)C23CCCC3)cc1Br. The molecule has 20 heavy (non-hydrogen) atoms. The van der Waals surface area contributed by atoms with Crippen molar-refractivity contribution in [2.45, 2.75) is 38.2 Å². The quantitative estimate of drug-likeness (QED) is 0.745. The summed E-state index contributed by atoms with van der Waals surface area (Å²) < 4.78 is 13.1. The molecule has 0 saturated heterocycles. The average molecular weight is 404 g/mol. The van der Waals surface area contributed by atoms with Crippen molar-refractivity contribution < 1.29 is 14.3 Å².